The van der Waals surface area contributed by atoms with Gasteiger partial charge in [-0.15, -0.1) is 0 Å². The molecule has 3 N–H and O–H groups in total. The Balaban J connectivity index is 1.76. The summed E-state index contributed by atoms with van der Waals surface area (Å²) in [6.07, 6.45) is 3.09. The molecule has 2 aromatic rings. The smallest absolute Gasteiger partial charge is 0.333 e. The predicted molar refractivity (Wildman–Crippen MR) is 71.1 cm³/mol. The molecule has 1 aliphatic heterocycles. The van der Waals surface area contributed by atoms with Crippen molar-refractivity contribution in [3.8, 4) is 0 Å². The van der Waals surface area contributed by atoms with E-state index in [0.29, 0.717) is 12.1 Å². The van der Waals surface area contributed by atoms with E-state index in [1.165, 1.54) is 6.33 Å². The van der Waals surface area contributed by atoms with E-state index >= 15 is 0 Å². The van der Waals surface area contributed by atoms with Gasteiger partial charge in [0, 0.05) is 24.2 Å². The molecule has 0 amide bonds. The Hall–Kier alpha value is -1.59. The second-order valence-corrected chi connectivity index (χ2v) is 5.96. The molecule has 3 heterocycles. The van der Waals surface area contributed by atoms with Crippen LogP contribution < -0.4 is 5.14 Å². The molecule has 2 aromatic heterocycles. The summed E-state index contributed by atoms with van der Waals surface area (Å²) in [7, 11) is -4.06. The quantitative estimate of drug-likeness (QED) is 0.763. The first kappa shape index (κ1) is 14.4. The van der Waals surface area contributed by atoms with Gasteiger partial charge < -0.3 is 14.4 Å². The maximum Gasteiger partial charge on any atom is 0.333 e. The predicted octanol–water partition coefficient (Wildman–Crippen LogP) is -0.700. The van der Waals surface area contributed by atoms with Crippen LogP contribution in [-0.2, 0) is 19.2 Å². The molecule has 1 fully saturated rings. The van der Waals surface area contributed by atoms with Crippen molar-refractivity contribution in [2.45, 2.75) is 24.9 Å². The minimum Gasteiger partial charge on any atom is -0.390 e. The van der Waals surface area contributed by atoms with Crippen LogP contribution in [0.4, 0.5) is 0 Å². The van der Waals surface area contributed by atoms with Gasteiger partial charge in [-0.05, 0) is 6.07 Å². The van der Waals surface area contributed by atoms with Crippen molar-refractivity contribution >= 4 is 21.3 Å². The average molecular weight is 314 g/mol. The number of fused-ring (bicyclic) bond motifs is 1. The Morgan fingerprint density at radius 3 is 3.14 bits per heavy atom. The molecule has 10 heteroatoms. The lowest BCUT2D eigenvalue weighted by Gasteiger charge is -2.15. The molecule has 1 saturated heterocycles. The summed E-state index contributed by atoms with van der Waals surface area (Å²) in [5.41, 5.74) is 0.676. The van der Waals surface area contributed by atoms with Gasteiger partial charge in [0.1, 0.15) is 24.3 Å². The van der Waals surface area contributed by atoms with Gasteiger partial charge in [-0.3, -0.25) is 4.18 Å². The van der Waals surface area contributed by atoms with E-state index in [-0.39, 0.29) is 6.61 Å². The van der Waals surface area contributed by atoms with Crippen molar-refractivity contribution < 1.29 is 22.4 Å². The molecule has 0 unspecified atom stereocenters. The van der Waals surface area contributed by atoms with Crippen LogP contribution in [0, 0.1) is 0 Å². The zero-order valence-electron chi connectivity index (χ0n) is 10.9. The van der Waals surface area contributed by atoms with Crippen LogP contribution >= 0.6 is 0 Å². The minimum absolute atomic E-state index is 0.298. The highest BCUT2D eigenvalue weighted by Crippen LogP contribution is 2.31. The first-order valence-electron chi connectivity index (χ1n) is 6.21. The second kappa shape index (κ2) is 5.31. The van der Waals surface area contributed by atoms with E-state index in [2.05, 4.69) is 14.2 Å². The fraction of sp³-hybridized carbons (Fsp3) is 0.455. The summed E-state index contributed by atoms with van der Waals surface area (Å²) in [6.45, 7) is -0.329. The topological polar surface area (TPSA) is 130 Å². The van der Waals surface area contributed by atoms with Crippen molar-refractivity contribution in [3.63, 3.8) is 0 Å². The minimum atomic E-state index is -4.06. The molecule has 0 bridgehead atoms. The van der Waals surface area contributed by atoms with Crippen LogP contribution in [-0.4, -0.2) is 46.9 Å². The van der Waals surface area contributed by atoms with Gasteiger partial charge in [-0.1, -0.05) is 0 Å². The lowest BCUT2D eigenvalue weighted by Crippen LogP contribution is -2.30. The van der Waals surface area contributed by atoms with Gasteiger partial charge in [0.25, 0.3) is 0 Å². The van der Waals surface area contributed by atoms with E-state index in [0.717, 1.165) is 5.39 Å². The number of rotatable bonds is 4. The number of hydrogen-bond acceptors (Lipinski definition) is 7. The molecule has 3 rings (SSSR count). The Morgan fingerprint density at radius 2 is 2.38 bits per heavy atom. The van der Waals surface area contributed by atoms with E-state index < -0.39 is 28.7 Å². The van der Waals surface area contributed by atoms with Crippen LogP contribution in [0.25, 0.3) is 11.0 Å². The summed E-state index contributed by atoms with van der Waals surface area (Å²) >= 11 is 0. The van der Waals surface area contributed by atoms with Gasteiger partial charge in [0.05, 0.1) is 12.7 Å². The largest absolute Gasteiger partial charge is 0.390 e. The standard InChI is InChI=1S/C11H14N4O5S/c12-21(17,18)19-5-9-8(16)3-10(20-9)15-2-1-7-4-13-6-14-11(7)15/h1-2,4,6,8-10,16H,3,5H2,(H2,12,17,18)/t8-,9+,10+/m0/s1. The summed E-state index contributed by atoms with van der Waals surface area (Å²) in [5.74, 6) is 0. The van der Waals surface area contributed by atoms with Crippen LogP contribution in [0.1, 0.15) is 12.6 Å². The summed E-state index contributed by atoms with van der Waals surface area (Å²) in [6, 6.07) is 1.83. The molecular formula is C11H14N4O5S. The van der Waals surface area contributed by atoms with Gasteiger partial charge in [0.2, 0.25) is 0 Å². The summed E-state index contributed by atoms with van der Waals surface area (Å²) in [4.78, 5) is 8.09. The number of aliphatic hydroxyl groups is 1. The molecule has 0 aliphatic carbocycles. The van der Waals surface area contributed by atoms with Gasteiger partial charge in [-0.2, -0.15) is 8.42 Å². The highest BCUT2D eigenvalue weighted by atomic mass is 32.2. The van der Waals surface area contributed by atoms with E-state index in [4.69, 9.17) is 9.88 Å². The first-order valence-corrected chi connectivity index (χ1v) is 7.68. The molecular weight excluding hydrogens is 300 g/mol. The van der Waals surface area contributed by atoms with E-state index in [1.54, 1.807) is 17.0 Å². The van der Waals surface area contributed by atoms with Crippen LogP contribution in [0.2, 0.25) is 0 Å². The van der Waals surface area contributed by atoms with Crippen molar-refractivity contribution in [1.29, 1.82) is 0 Å². The summed E-state index contributed by atoms with van der Waals surface area (Å²) < 4.78 is 33.4. The maximum atomic E-state index is 10.8. The first-order chi connectivity index (χ1) is 9.94. The Bertz CT molecular complexity index is 746. The summed E-state index contributed by atoms with van der Waals surface area (Å²) in [5, 5.41) is 15.5. The Labute approximate surface area is 120 Å². The number of aromatic nitrogens is 3. The molecule has 9 nitrogen and oxygen atoms in total. The van der Waals surface area contributed by atoms with Gasteiger partial charge in [0.15, 0.2) is 0 Å². The fourth-order valence-corrected chi connectivity index (χ4v) is 2.65. The highest BCUT2D eigenvalue weighted by Gasteiger charge is 2.36. The van der Waals surface area contributed by atoms with E-state index in [9.17, 15) is 13.5 Å². The number of nitrogens with two attached hydrogens (primary N) is 1. The SMILES string of the molecule is NS(=O)(=O)OC[C@H]1O[C@@H](n2ccc3cncnc32)C[C@@H]1O. The third kappa shape index (κ3) is 3.04. The highest BCUT2D eigenvalue weighted by molar-refractivity contribution is 7.84. The number of aliphatic hydroxyl groups excluding tert-OH is 1. The zero-order valence-corrected chi connectivity index (χ0v) is 11.7. The van der Waals surface area contributed by atoms with Gasteiger partial charge >= 0.3 is 10.3 Å². The van der Waals surface area contributed by atoms with Crippen LogP contribution in [0.5, 0.6) is 0 Å². The Morgan fingerprint density at radius 1 is 1.57 bits per heavy atom. The second-order valence-electron chi connectivity index (χ2n) is 4.73. The van der Waals surface area contributed by atoms with E-state index in [1.807, 2.05) is 6.07 Å². The molecule has 1 aliphatic rings. The number of nitrogens with zero attached hydrogens (tertiary/aromatic N) is 3. The maximum absolute atomic E-state index is 10.8. The molecule has 114 valence electrons. The third-order valence-corrected chi connectivity index (χ3v) is 3.75. The zero-order chi connectivity index (χ0) is 15.0. The molecule has 3 atom stereocenters. The average Bonchev–Trinajstić information content (AvgIpc) is 2.99. The van der Waals surface area contributed by atoms with Crippen molar-refractivity contribution in [3.05, 3.63) is 24.8 Å². The fourth-order valence-electron chi connectivity index (χ4n) is 2.33. The van der Waals surface area contributed by atoms with Gasteiger partial charge in [-0.25, -0.2) is 15.1 Å². The normalized spacial score (nSPS) is 26.5. The monoisotopic (exact) mass is 314 g/mol. The molecule has 0 aromatic carbocycles. The number of ether oxygens (including phenoxy) is 1. The van der Waals surface area contributed by atoms with Crippen molar-refractivity contribution in [2.24, 2.45) is 5.14 Å². The van der Waals surface area contributed by atoms with Crippen molar-refractivity contribution in [1.82, 2.24) is 14.5 Å². The van der Waals surface area contributed by atoms with Crippen LogP contribution in [0.3, 0.4) is 0 Å². The number of hydrogen-bond donors (Lipinski definition) is 2. The molecule has 21 heavy (non-hydrogen) atoms. The van der Waals surface area contributed by atoms with Crippen LogP contribution in [0.15, 0.2) is 24.8 Å². The molecule has 0 saturated carbocycles. The molecule has 0 spiro atoms. The lowest BCUT2D eigenvalue weighted by molar-refractivity contribution is -0.0369. The Kier molecular flexibility index (Phi) is 3.63. The third-order valence-electron chi connectivity index (χ3n) is 3.29. The van der Waals surface area contributed by atoms with Crippen molar-refractivity contribution in [2.75, 3.05) is 6.61 Å². The molecule has 0 radical (unpaired) electrons. The lowest BCUT2D eigenvalue weighted by atomic mass is 10.2.